The first-order chi connectivity index (χ1) is 16.1. The molecular weight excluding hydrogens is 539 g/mol. The Morgan fingerprint density at radius 1 is 1.24 bits per heavy atom. The number of para-hydroxylation sites is 1. The van der Waals surface area contributed by atoms with Crippen LogP contribution >= 0.6 is 24.0 Å². The van der Waals surface area contributed by atoms with E-state index in [1.165, 1.54) is 16.8 Å². The normalized spacial score (nSPS) is 17.9. The van der Waals surface area contributed by atoms with E-state index in [2.05, 4.69) is 69.1 Å². The summed E-state index contributed by atoms with van der Waals surface area (Å²) in [6.45, 7) is 5.48. The first kappa shape index (κ1) is 24.5. The van der Waals surface area contributed by atoms with E-state index in [0.717, 1.165) is 62.7 Å². The molecule has 2 aromatic heterocycles. The van der Waals surface area contributed by atoms with Crippen LogP contribution in [0.3, 0.4) is 0 Å². The van der Waals surface area contributed by atoms with Crippen molar-refractivity contribution < 1.29 is 4.79 Å². The molecule has 8 heteroatoms. The molecule has 2 aliphatic rings. The SMILES string of the molecule is CN=C(NCCc1cn2cccc(C)c2n1)N1CC(CCN2CCCC2=O)c2ccccc21.I. The number of aryl methyl sites for hydroxylation is 1. The lowest BCUT2D eigenvalue weighted by Crippen LogP contribution is -2.42. The molecule has 1 saturated heterocycles. The average Bonchev–Trinajstić information content (AvgIpc) is 3.53. The molecule has 0 radical (unpaired) electrons. The van der Waals surface area contributed by atoms with Crippen LogP contribution < -0.4 is 10.2 Å². The second-order valence-corrected chi connectivity index (χ2v) is 9.02. The zero-order valence-corrected chi connectivity index (χ0v) is 22.2. The van der Waals surface area contributed by atoms with Crippen molar-refractivity contribution >= 4 is 47.2 Å². The molecule has 0 spiro atoms. The minimum Gasteiger partial charge on any atom is -0.356 e. The molecule has 0 saturated carbocycles. The molecule has 7 nitrogen and oxygen atoms in total. The average molecular weight is 572 g/mol. The number of aliphatic imine (C=N–C) groups is 1. The molecule has 4 heterocycles. The second kappa shape index (κ2) is 10.8. The molecular formula is C26H33IN6O. The summed E-state index contributed by atoms with van der Waals surface area (Å²) in [5.74, 6) is 1.59. The fourth-order valence-corrected chi connectivity index (χ4v) is 5.12. The van der Waals surface area contributed by atoms with Crippen LogP contribution in [0.4, 0.5) is 5.69 Å². The first-order valence-corrected chi connectivity index (χ1v) is 11.9. The molecule has 0 aliphatic carbocycles. The number of likely N-dealkylation sites (tertiary alicyclic amines) is 1. The Balaban J connectivity index is 0.00000274. The van der Waals surface area contributed by atoms with Gasteiger partial charge in [-0.1, -0.05) is 24.3 Å². The summed E-state index contributed by atoms with van der Waals surface area (Å²) >= 11 is 0. The van der Waals surface area contributed by atoms with E-state index in [-0.39, 0.29) is 24.0 Å². The summed E-state index contributed by atoms with van der Waals surface area (Å²) in [6, 6.07) is 12.7. The van der Waals surface area contributed by atoms with Crippen LogP contribution in [-0.2, 0) is 11.2 Å². The predicted octanol–water partition coefficient (Wildman–Crippen LogP) is 3.99. The number of anilines is 1. The predicted molar refractivity (Wildman–Crippen MR) is 147 cm³/mol. The molecule has 1 atom stereocenters. The van der Waals surface area contributed by atoms with Gasteiger partial charge in [0.05, 0.1) is 5.69 Å². The summed E-state index contributed by atoms with van der Waals surface area (Å²) in [4.78, 5) is 25.7. The van der Waals surface area contributed by atoms with Crippen molar-refractivity contribution in [3.8, 4) is 0 Å². The maximum atomic E-state index is 12.0. The minimum absolute atomic E-state index is 0. The summed E-state index contributed by atoms with van der Waals surface area (Å²) in [7, 11) is 1.84. The third kappa shape index (κ3) is 4.92. The minimum atomic E-state index is 0. The number of guanidine groups is 1. The number of hydrogen-bond donors (Lipinski definition) is 1. The number of halogens is 1. The van der Waals surface area contributed by atoms with Crippen molar-refractivity contribution in [2.75, 3.05) is 38.1 Å². The molecule has 2 aliphatic heterocycles. The van der Waals surface area contributed by atoms with Crippen molar-refractivity contribution in [3.63, 3.8) is 0 Å². The number of rotatable bonds is 6. The van der Waals surface area contributed by atoms with E-state index < -0.39 is 0 Å². The number of fused-ring (bicyclic) bond motifs is 2. The van der Waals surface area contributed by atoms with E-state index in [1.807, 2.05) is 18.1 Å². The standard InChI is InChI=1S/C26H32N6O.HI/c1-19-7-5-15-31-18-21(29-25(19)31)11-13-28-26(27-2)32-17-20(22-8-3-4-9-23(22)32)12-16-30-14-6-10-24(30)33;/h3-5,7-9,15,18,20H,6,10-14,16-17H2,1-2H3,(H,27,28);1H. The largest absolute Gasteiger partial charge is 0.356 e. The summed E-state index contributed by atoms with van der Waals surface area (Å²) in [6.07, 6.45) is 7.66. The van der Waals surface area contributed by atoms with Gasteiger partial charge in [0.15, 0.2) is 5.96 Å². The van der Waals surface area contributed by atoms with Crippen LogP contribution in [0.15, 0.2) is 53.8 Å². The zero-order chi connectivity index (χ0) is 22.8. The van der Waals surface area contributed by atoms with Gasteiger partial charge in [0.25, 0.3) is 0 Å². The fourth-order valence-electron chi connectivity index (χ4n) is 5.12. The van der Waals surface area contributed by atoms with E-state index >= 15 is 0 Å². The summed E-state index contributed by atoms with van der Waals surface area (Å²) in [5, 5.41) is 3.55. The third-order valence-corrected chi connectivity index (χ3v) is 6.85. The lowest BCUT2D eigenvalue weighted by molar-refractivity contribution is -0.127. The third-order valence-electron chi connectivity index (χ3n) is 6.85. The van der Waals surface area contributed by atoms with E-state index in [0.29, 0.717) is 18.2 Å². The number of carbonyl (C=O) groups excluding carboxylic acids is 1. The molecule has 180 valence electrons. The Labute approximate surface area is 218 Å². The van der Waals surface area contributed by atoms with Crippen molar-refractivity contribution in [1.82, 2.24) is 19.6 Å². The lowest BCUT2D eigenvalue weighted by atomic mass is 9.98. The molecule has 34 heavy (non-hydrogen) atoms. The molecule has 1 fully saturated rings. The molecule has 1 aromatic carbocycles. The van der Waals surface area contributed by atoms with Crippen LogP contribution in [0.1, 0.15) is 42.0 Å². The Kier molecular flexibility index (Phi) is 7.75. The van der Waals surface area contributed by atoms with Gasteiger partial charge in [-0.25, -0.2) is 4.98 Å². The number of aromatic nitrogens is 2. The molecule has 1 N–H and O–H groups in total. The Morgan fingerprint density at radius 3 is 2.85 bits per heavy atom. The maximum Gasteiger partial charge on any atom is 0.222 e. The highest BCUT2D eigenvalue weighted by Gasteiger charge is 2.32. The monoisotopic (exact) mass is 572 g/mol. The Morgan fingerprint density at radius 2 is 2.09 bits per heavy atom. The van der Waals surface area contributed by atoms with Gasteiger partial charge in [0, 0.05) is 70.1 Å². The highest BCUT2D eigenvalue weighted by Crippen LogP contribution is 2.38. The second-order valence-electron chi connectivity index (χ2n) is 9.02. The molecule has 0 bridgehead atoms. The lowest BCUT2D eigenvalue weighted by Gasteiger charge is -2.23. The first-order valence-electron chi connectivity index (χ1n) is 11.9. The van der Waals surface area contributed by atoms with Gasteiger partial charge in [-0.2, -0.15) is 0 Å². The van der Waals surface area contributed by atoms with E-state index in [1.54, 1.807) is 0 Å². The van der Waals surface area contributed by atoms with Crippen LogP contribution in [0.25, 0.3) is 5.65 Å². The Hall–Kier alpha value is -2.62. The molecule has 5 rings (SSSR count). The van der Waals surface area contributed by atoms with Gasteiger partial charge in [0.2, 0.25) is 5.91 Å². The van der Waals surface area contributed by atoms with Crippen molar-refractivity contribution in [1.29, 1.82) is 0 Å². The number of carbonyl (C=O) groups is 1. The van der Waals surface area contributed by atoms with E-state index in [9.17, 15) is 4.79 Å². The summed E-state index contributed by atoms with van der Waals surface area (Å²) in [5.41, 5.74) is 5.84. The van der Waals surface area contributed by atoms with Gasteiger partial charge in [-0.3, -0.25) is 9.79 Å². The molecule has 3 aromatic rings. The highest BCUT2D eigenvalue weighted by molar-refractivity contribution is 14.0. The van der Waals surface area contributed by atoms with Gasteiger partial charge in [-0.05, 0) is 43.0 Å². The highest BCUT2D eigenvalue weighted by atomic mass is 127. The van der Waals surface area contributed by atoms with Crippen LogP contribution in [0, 0.1) is 6.92 Å². The van der Waals surface area contributed by atoms with Crippen molar-refractivity contribution in [2.24, 2.45) is 4.99 Å². The van der Waals surface area contributed by atoms with Crippen LogP contribution in [0.2, 0.25) is 0 Å². The number of amides is 1. The van der Waals surface area contributed by atoms with Gasteiger partial charge in [0.1, 0.15) is 5.65 Å². The maximum absolute atomic E-state index is 12.0. The van der Waals surface area contributed by atoms with Gasteiger partial charge >= 0.3 is 0 Å². The number of imidazole rings is 1. The number of nitrogens with zero attached hydrogens (tertiary/aromatic N) is 5. The fraction of sp³-hybridized carbons (Fsp3) is 0.423. The van der Waals surface area contributed by atoms with Crippen molar-refractivity contribution in [2.45, 2.75) is 38.5 Å². The topological polar surface area (TPSA) is 65.2 Å². The van der Waals surface area contributed by atoms with Gasteiger partial charge < -0.3 is 19.5 Å². The molecule has 1 unspecified atom stereocenters. The number of hydrogen-bond acceptors (Lipinski definition) is 3. The number of benzene rings is 1. The van der Waals surface area contributed by atoms with Crippen molar-refractivity contribution in [3.05, 3.63) is 65.6 Å². The molecule has 1 amide bonds. The number of pyridine rings is 1. The zero-order valence-electron chi connectivity index (χ0n) is 19.9. The summed E-state index contributed by atoms with van der Waals surface area (Å²) < 4.78 is 2.09. The number of nitrogens with one attached hydrogen (secondary N) is 1. The van der Waals surface area contributed by atoms with Gasteiger partial charge in [-0.15, -0.1) is 24.0 Å². The van der Waals surface area contributed by atoms with Crippen LogP contribution in [-0.4, -0.2) is 59.4 Å². The quantitative estimate of drug-likeness (QED) is 0.276. The smallest absolute Gasteiger partial charge is 0.222 e. The van der Waals surface area contributed by atoms with E-state index in [4.69, 9.17) is 4.98 Å². The Bertz CT molecular complexity index is 1190. The van der Waals surface area contributed by atoms with Crippen LogP contribution in [0.5, 0.6) is 0 Å².